The van der Waals surface area contributed by atoms with Crippen LogP contribution in [0.5, 0.6) is 6.08 Å². The molecule has 2 aromatic rings. The summed E-state index contributed by atoms with van der Waals surface area (Å²) in [6.45, 7) is 6.81. The van der Waals surface area contributed by atoms with Crippen LogP contribution in [0.2, 0.25) is 0 Å². The number of hydrogen-bond donors (Lipinski definition) is 1. The van der Waals surface area contributed by atoms with Crippen LogP contribution < -0.4 is 10.5 Å². The molecule has 0 radical (unpaired) electrons. The van der Waals surface area contributed by atoms with E-state index in [9.17, 15) is 0 Å². The lowest BCUT2D eigenvalue weighted by molar-refractivity contribution is 0.246. The Balaban J connectivity index is 2.44. The Morgan fingerprint density at radius 2 is 2.12 bits per heavy atom. The number of anilines is 1. The second-order valence-corrected chi connectivity index (χ2v) is 3.47. The van der Waals surface area contributed by atoms with Gasteiger partial charge in [0, 0.05) is 6.54 Å². The lowest BCUT2D eigenvalue weighted by Gasteiger charge is -2.00. The van der Waals surface area contributed by atoms with Gasteiger partial charge in [0.2, 0.25) is 0 Å². The molecule has 0 unspecified atom stereocenters. The quantitative estimate of drug-likeness (QED) is 0.860. The molecule has 2 aromatic heterocycles. The SMILES string of the molecule is CCOc1nnc(-c2c(N)c(C)nn2CC)o1. The van der Waals surface area contributed by atoms with Crippen LogP contribution in [0.1, 0.15) is 19.5 Å². The van der Waals surface area contributed by atoms with Gasteiger partial charge in [0.15, 0.2) is 0 Å². The molecule has 0 saturated carbocycles. The van der Waals surface area contributed by atoms with E-state index in [-0.39, 0.29) is 6.08 Å². The van der Waals surface area contributed by atoms with Crippen molar-refractivity contribution < 1.29 is 9.15 Å². The summed E-state index contributed by atoms with van der Waals surface area (Å²) in [6.07, 6.45) is 0.142. The summed E-state index contributed by atoms with van der Waals surface area (Å²) >= 11 is 0. The minimum absolute atomic E-state index is 0.142. The second kappa shape index (κ2) is 4.44. The molecule has 0 aliphatic heterocycles. The highest BCUT2D eigenvalue weighted by Crippen LogP contribution is 2.28. The van der Waals surface area contributed by atoms with E-state index >= 15 is 0 Å². The van der Waals surface area contributed by atoms with E-state index < -0.39 is 0 Å². The molecule has 0 saturated heterocycles. The lowest BCUT2D eigenvalue weighted by atomic mass is 10.3. The smallest absolute Gasteiger partial charge is 0.414 e. The fraction of sp³-hybridized carbons (Fsp3) is 0.500. The molecule has 0 spiro atoms. The summed E-state index contributed by atoms with van der Waals surface area (Å²) in [6, 6.07) is 0. The first-order valence-corrected chi connectivity index (χ1v) is 5.46. The van der Waals surface area contributed by atoms with Crippen molar-refractivity contribution in [3.8, 4) is 17.7 Å². The summed E-state index contributed by atoms with van der Waals surface area (Å²) in [4.78, 5) is 0. The highest BCUT2D eigenvalue weighted by Gasteiger charge is 2.19. The van der Waals surface area contributed by atoms with Gasteiger partial charge in [0.25, 0.3) is 5.89 Å². The number of ether oxygens (including phenoxy) is 1. The summed E-state index contributed by atoms with van der Waals surface area (Å²) < 4.78 is 12.2. The minimum Gasteiger partial charge on any atom is -0.449 e. The number of nitrogens with two attached hydrogens (primary N) is 1. The second-order valence-electron chi connectivity index (χ2n) is 3.47. The molecule has 0 bridgehead atoms. The van der Waals surface area contributed by atoms with Crippen molar-refractivity contribution in [1.29, 1.82) is 0 Å². The molecule has 0 aliphatic carbocycles. The number of nitrogens with zero attached hydrogens (tertiary/aromatic N) is 4. The fourth-order valence-electron chi connectivity index (χ4n) is 1.54. The van der Waals surface area contributed by atoms with Crippen LogP contribution in [-0.2, 0) is 6.54 Å². The van der Waals surface area contributed by atoms with Crippen LogP contribution in [0.15, 0.2) is 4.42 Å². The zero-order chi connectivity index (χ0) is 12.4. The topological polar surface area (TPSA) is 92.0 Å². The molecule has 0 amide bonds. The molecule has 7 heteroatoms. The predicted molar refractivity (Wildman–Crippen MR) is 61.5 cm³/mol. The third-order valence-corrected chi connectivity index (χ3v) is 2.35. The summed E-state index contributed by atoms with van der Waals surface area (Å²) in [5.74, 6) is 0.327. The first-order chi connectivity index (χ1) is 8.17. The number of rotatable bonds is 4. The van der Waals surface area contributed by atoms with Crippen molar-refractivity contribution in [3.63, 3.8) is 0 Å². The van der Waals surface area contributed by atoms with E-state index in [2.05, 4.69) is 15.3 Å². The van der Waals surface area contributed by atoms with Gasteiger partial charge in [-0.3, -0.25) is 4.68 Å². The van der Waals surface area contributed by atoms with Gasteiger partial charge < -0.3 is 14.9 Å². The molecule has 2 heterocycles. The molecule has 0 atom stereocenters. The zero-order valence-electron chi connectivity index (χ0n) is 10.1. The molecule has 92 valence electrons. The third-order valence-electron chi connectivity index (χ3n) is 2.35. The van der Waals surface area contributed by atoms with Gasteiger partial charge in [-0.05, 0) is 20.8 Å². The van der Waals surface area contributed by atoms with E-state index in [1.165, 1.54) is 0 Å². The van der Waals surface area contributed by atoms with E-state index in [1.54, 1.807) is 4.68 Å². The maximum Gasteiger partial charge on any atom is 0.414 e. The average Bonchev–Trinajstić information content (AvgIpc) is 2.86. The Kier molecular flexibility index (Phi) is 2.99. The number of nitrogen functional groups attached to an aromatic ring is 1. The van der Waals surface area contributed by atoms with E-state index in [0.717, 1.165) is 5.69 Å². The minimum atomic E-state index is 0.142. The van der Waals surface area contributed by atoms with E-state index in [4.69, 9.17) is 14.9 Å². The van der Waals surface area contributed by atoms with Crippen LogP contribution in [0.3, 0.4) is 0 Å². The van der Waals surface area contributed by atoms with Gasteiger partial charge in [-0.15, -0.1) is 5.10 Å². The highest BCUT2D eigenvalue weighted by molar-refractivity contribution is 5.68. The largest absolute Gasteiger partial charge is 0.449 e. The van der Waals surface area contributed by atoms with Crippen molar-refractivity contribution in [2.75, 3.05) is 12.3 Å². The summed E-state index contributed by atoms with van der Waals surface area (Å²) in [5.41, 5.74) is 7.89. The van der Waals surface area contributed by atoms with Gasteiger partial charge in [-0.25, -0.2) is 0 Å². The average molecular weight is 237 g/mol. The van der Waals surface area contributed by atoms with Crippen LogP contribution in [0.25, 0.3) is 11.6 Å². The van der Waals surface area contributed by atoms with Gasteiger partial charge in [-0.1, -0.05) is 5.10 Å². The Bertz CT molecular complexity index is 517. The molecule has 0 fully saturated rings. The Hall–Kier alpha value is -2.05. The number of hydrogen-bond acceptors (Lipinski definition) is 6. The standard InChI is InChI=1S/C10H15N5O2/c1-4-15-8(7(11)6(3)14-15)9-12-13-10(17-9)16-5-2/h4-5,11H2,1-3H3. The van der Waals surface area contributed by atoms with Crippen molar-refractivity contribution in [2.45, 2.75) is 27.3 Å². The van der Waals surface area contributed by atoms with Gasteiger partial charge in [0.05, 0.1) is 18.0 Å². The fourth-order valence-corrected chi connectivity index (χ4v) is 1.54. The molecule has 7 nitrogen and oxygen atoms in total. The van der Waals surface area contributed by atoms with Crippen LogP contribution >= 0.6 is 0 Å². The van der Waals surface area contributed by atoms with Gasteiger partial charge in [0.1, 0.15) is 5.69 Å². The molecule has 2 rings (SSSR count). The van der Waals surface area contributed by atoms with Crippen molar-refractivity contribution in [2.24, 2.45) is 0 Å². The van der Waals surface area contributed by atoms with Gasteiger partial charge >= 0.3 is 6.08 Å². The predicted octanol–water partition coefficient (Wildman–Crippen LogP) is 1.24. The summed E-state index contributed by atoms with van der Waals surface area (Å²) in [5, 5.41) is 12.0. The lowest BCUT2D eigenvalue weighted by Crippen LogP contribution is -2.00. The first kappa shape index (κ1) is 11.4. The Labute approximate surface area is 98.6 Å². The molecule has 0 aromatic carbocycles. The molecule has 2 N–H and O–H groups in total. The van der Waals surface area contributed by atoms with Crippen LogP contribution in [0.4, 0.5) is 5.69 Å². The van der Waals surface area contributed by atoms with E-state index in [1.807, 2.05) is 20.8 Å². The molecule has 17 heavy (non-hydrogen) atoms. The Morgan fingerprint density at radius 1 is 1.35 bits per heavy atom. The molecule has 0 aliphatic rings. The van der Waals surface area contributed by atoms with Crippen molar-refractivity contribution in [3.05, 3.63) is 5.69 Å². The maximum absolute atomic E-state index is 5.94. The van der Waals surface area contributed by atoms with Crippen molar-refractivity contribution >= 4 is 5.69 Å². The van der Waals surface area contributed by atoms with Gasteiger partial charge in [-0.2, -0.15) is 5.10 Å². The van der Waals surface area contributed by atoms with Crippen molar-refractivity contribution in [1.82, 2.24) is 20.0 Å². The van der Waals surface area contributed by atoms with E-state index in [0.29, 0.717) is 30.4 Å². The molecular weight excluding hydrogens is 222 g/mol. The zero-order valence-corrected chi connectivity index (χ0v) is 10.1. The van der Waals surface area contributed by atoms with Crippen LogP contribution in [0, 0.1) is 6.92 Å². The number of aryl methyl sites for hydroxylation is 2. The Morgan fingerprint density at radius 3 is 2.76 bits per heavy atom. The monoisotopic (exact) mass is 237 g/mol. The molecular formula is C10H15N5O2. The highest BCUT2D eigenvalue weighted by atomic mass is 16.6. The normalized spacial score (nSPS) is 10.8. The van der Waals surface area contributed by atoms with Crippen LogP contribution in [-0.4, -0.2) is 26.6 Å². The number of aromatic nitrogens is 4. The third kappa shape index (κ3) is 1.95. The first-order valence-electron chi connectivity index (χ1n) is 5.46. The summed E-state index contributed by atoms with van der Waals surface area (Å²) in [7, 11) is 0. The maximum atomic E-state index is 5.94.